The predicted octanol–water partition coefficient (Wildman–Crippen LogP) is 0.115. The average molecular weight is 168 g/mol. The number of nitrogens with zero attached hydrogens (tertiary/aromatic N) is 1. The first kappa shape index (κ1) is 8.32. The van der Waals surface area contributed by atoms with Gasteiger partial charge in [-0.05, 0) is 12.1 Å². The molecule has 1 rings (SSSR count). The zero-order chi connectivity index (χ0) is 8.97. The van der Waals surface area contributed by atoms with Crippen molar-refractivity contribution in [2.45, 2.75) is 0 Å². The Morgan fingerprint density at radius 2 is 2.50 bits per heavy atom. The first-order valence-electron chi connectivity index (χ1n) is 3.20. The quantitative estimate of drug-likeness (QED) is 0.514. The molecule has 0 saturated carbocycles. The van der Waals surface area contributed by atoms with Crippen molar-refractivity contribution in [1.29, 1.82) is 0 Å². The highest BCUT2D eigenvalue weighted by atomic mass is 16.6. The molecular weight excluding hydrogens is 160 g/mol. The summed E-state index contributed by atoms with van der Waals surface area (Å²) in [6, 6.07) is 3.20. The molecule has 0 aromatic carbocycles. The maximum Gasteiger partial charge on any atom is 0.274 e. The molecule has 0 atom stereocenters. The molecule has 1 aromatic rings. The van der Waals surface area contributed by atoms with Gasteiger partial charge in [0.2, 0.25) is 5.71 Å². The van der Waals surface area contributed by atoms with E-state index in [1.807, 2.05) is 0 Å². The van der Waals surface area contributed by atoms with Crippen LogP contribution in [0.3, 0.4) is 0 Å². The van der Waals surface area contributed by atoms with Crippen LogP contribution in [0, 0.1) is 0 Å². The van der Waals surface area contributed by atoms with Crippen LogP contribution in [0.25, 0.3) is 0 Å². The zero-order valence-electron chi connectivity index (χ0n) is 6.48. The number of hydrogen-bond donors (Lipinski definition) is 1. The molecule has 1 heterocycles. The summed E-state index contributed by atoms with van der Waals surface area (Å²) in [6.07, 6.45) is 1.42. The number of oxime groups is 1. The normalized spacial score (nSPS) is 11.2. The number of hydrogen-bond acceptors (Lipinski definition) is 4. The fraction of sp³-hybridized carbons (Fsp3) is 0.143. The minimum Gasteiger partial charge on any atom is -0.462 e. The first-order chi connectivity index (χ1) is 5.75. The van der Waals surface area contributed by atoms with Crippen molar-refractivity contribution in [2.75, 3.05) is 7.11 Å². The van der Waals surface area contributed by atoms with Crippen molar-refractivity contribution in [2.24, 2.45) is 10.9 Å². The van der Waals surface area contributed by atoms with Crippen molar-refractivity contribution in [1.82, 2.24) is 0 Å². The van der Waals surface area contributed by atoms with E-state index in [1.54, 1.807) is 12.1 Å². The molecule has 0 unspecified atom stereocenters. The number of amides is 1. The van der Waals surface area contributed by atoms with Gasteiger partial charge in [0.1, 0.15) is 7.11 Å². The third-order valence-corrected chi connectivity index (χ3v) is 1.17. The van der Waals surface area contributed by atoms with Crippen molar-refractivity contribution < 1.29 is 14.0 Å². The second-order valence-corrected chi connectivity index (χ2v) is 1.96. The maximum atomic E-state index is 10.7. The van der Waals surface area contributed by atoms with Crippen molar-refractivity contribution >= 4 is 11.6 Å². The molecule has 0 fully saturated rings. The van der Waals surface area contributed by atoms with Crippen molar-refractivity contribution in [3.63, 3.8) is 0 Å². The van der Waals surface area contributed by atoms with Crippen LogP contribution in [-0.2, 0) is 9.63 Å². The Kier molecular flexibility index (Phi) is 2.47. The van der Waals surface area contributed by atoms with E-state index in [-0.39, 0.29) is 5.71 Å². The van der Waals surface area contributed by atoms with E-state index in [0.29, 0.717) is 5.76 Å². The van der Waals surface area contributed by atoms with E-state index in [1.165, 1.54) is 13.4 Å². The lowest BCUT2D eigenvalue weighted by Crippen LogP contribution is -2.23. The number of furan rings is 1. The van der Waals surface area contributed by atoms with Gasteiger partial charge >= 0.3 is 0 Å². The Balaban J connectivity index is 2.96. The van der Waals surface area contributed by atoms with Gasteiger partial charge in [-0.1, -0.05) is 5.16 Å². The molecule has 0 aliphatic rings. The summed E-state index contributed by atoms with van der Waals surface area (Å²) in [4.78, 5) is 15.2. The third kappa shape index (κ3) is 1.63. The monoisotopic (exact) mass is 168 g/mol. The molecule has 0 radical (unpaired) electrons. The molecule has 12 heavy (non-hydrogen) atoms. The largest absolute Gasteiger partial charge is 0.462 e. The summed E-state index contributed by atoms with van der Waals surface area (Å²) in [6.45, 7) is 0. The lowest BCUT2D eigenvalue weighted by molar-refractivity contribution is -0.112. The highest BCUT2D eigenvalue weighted by Gasteiger charge is 2.13. The highest BCUT2D eigenvalue weighted by molar-refractivity contribution is 6.43. The SMILES string of the molecule is CO/N=C(/C(N)=O)c1ccco1. The number of carbonyl (C=O) groups is 1. The van der Waals surface area contributed by atoms with Gasteiger partial charge in [-0.3, -0.25) is 4.79 Å². The molecule has 0 bridgehead atoms. The van der Waals surface area contributed by atoms with Crippen LogP contribution in [0.2, 0.25) is 0 Å². The van der Waals surface area contributed by atoms with Crippen LogP contribution in [0.4, 0.5) is 0 Å². The van der Waals surface area contributed by atoms with Gasteiger partial charge in [0.05, 0.1) is 6.26 Å². The van der Waals surface area contributed by atoms with E-state index in [9.17, 15) is 4.79 Å². The summed E-state index contributed by atoms with van der Waals surface area (Å²) in [5.41, 5.74) is 4.98. The molecule has 1 aromatic heterocycles. The van der Waals surface area contributed by atoms with Crippen LogP contribution in [0.15, 0.2) is 28.0 Å². The second-order valence-electron chi connectivity index (χ2n) is 1.96. The fourth-order valence-corrected chi connectivity index (χ4v) is 0.716. The van der Waals surface area contributed by atoms with Gasteiger partial charge in [0, 0.05) is 0 Å². The Bertz CT molecular complexity index is 290. The Morgan fingerprint density at radius 1 is 1.75 bits per heavy atom. The lowest BCUT2D eigenvalue weighted by Gasteiger charge is -1.95. The second kappa shape index (κ2) is 3.56. The average Bonchev–Trinajstić information content (AvgIpc) is 2.51. The number of carbonyl (C=O) groups excluding carboxylic acids is 1. The number of nitrogens with two attached hydrogens (primary N) is 1. The molecule has 2 N–H and O–H groups in total. The fourth-order valence-electron chi connectivity index (χ4n) is 0.716. The van der Waals surface area contributed by atoms with Crippen LogP contribution in [-0.4, -0.2) is 18.7 Å². The van der Waals surface area contributed by atoms with Gasteiger partial charge in [-0.2, -0.15) is 0 Å². The summed E-state index contributed by atoms with van der Waals surface area (Å²) in [5.74, 6) is -0.392. The van der Waals surface area contributed by atoms with E-state index < -0.39 is 5.91 Å². The van der Waals surface area contributed by atoms with Gasteiger partial charge < -0.3 is 15.0 Å². The summed E-state index contributed by atoms with van der Waals surface area (Å²) < 4.78 is 4.90. The third-order valence-electron chi connectivity index (χ3n) is 1.17. The molecule has 64 valence electrons. The van der Waals surface area contributed by atoms with Gasteiger partial charge in [0.25, 0.3) is 5.91 Å². The van der Waals surface area contributed by atoms with E-state index in [0.717, 1.165) is 0 Å². The minimum atomic E-state index is -0.688. The zero-order valence-corrected chi connectivity index (χ0v) is 6.48. The van der Waals surface area contributed by atoms with E-state index >= 15 is 0 Å². The summed E-state index contributed by atoms with van der Waals surface area (Å²) in [5, 5.41) is 3.41. The smallest absolute Gasteiger partial charge is 0.274 e. The van der Waals surface area contributed by atoms with Gasteiger partial charge in [-0.25, -0.2) is 0 Å². The van der Waals surface area contributed by atoms with E-state index in [4.69, 9.17) is 10.2 Å². The molecule has 1 amide bonds. The van der Waals surface area contributed by atoms with E-state index in [2.05, 4.69) is 9.99 Å². The lowest BCUT2D eigenvalue weighted by atomic mass is 10.3. The molecule has 0 spiro atoms. The molecule has 5 heteroatoms. The standard InChI is InChI=1S/C7H8N2O3/c1-11-9-6(7(8)10)5-3-2-4-12-5/h2-4H,1H3,(H2,8,10)/b9-6+. The Labute approximate surface area is 68.8 Å². The highest BCUT2D eigenvalue weighted by Crippen LogP contribution is 2.02. The first-order valence-corrected chi connectivity index (χ1v) is 3.20. The number of primary amides is 1. The molecule has 0 saturated heterocycles. The number of rotatable bonds is 3. The van der Waals surface area contributed by atoms with Crippen LogP contribution in [0.1, 0.15) is 5.76 Å². The Hall–Kier alpha value is -1.78. The van der Waals surface area contributed by atoms with Crippen LogP contribution >= 0.6 is 0 Å². The van der Waals surface area contributed by atoms with Crippen LogP contribution in [0.5, 0.6) is 0 Å². The van der Waals surface area contributed by atoms with Gasteiger partial charge in [-0.15, -0.1) is 0 Å². The van der Waals surface area contributed by atoms with Crippen molar-refractivity contribution in [3.8, 4) is 0 Å². The maximum absolute atomic E-state index is 10.7. The summed E-state index contributed by atoms with van der Waals surface area (Å²) >= 11 is 0. The Morgan fingerprint density at radius 3 is 2.92 bits per heavy atom. The topological polar surface area (TPSA) is 77.8 Å². The molecule has 0 aliphatic heterocycles. The predicted molar refractivity (Wildman–Crippen MR) is 41.4 cm³/mol. The molecule has 5 nitrogen and oxygen atoms in total. The van der Waals surface area contributed by atoms with Gasteiger partial charge in [0.15, 0.2) is 5.76 Å². The minimum absolute atomic E-state index is 0.0255. The van der Waals surface area contributed by atoms with Crippen molar-refractivity contribution in [3.05, 3.63) is 24.2 Å². The molecule has 0 aliphatic carbocycles. The summed E-state index contributed by atoms with van der Waals surface area (Å²) in [7, 11) is 1.33. The van der Waals surface area contributed by atoms with Crippen LogP contribution < -0.4 is 5.73 Å². The molecular formula is C7H8N2O3.